The molecule has 1 heterocycles. The highest BCUT2D eigenvalue weighted by Gasteiger charge is 2.12. The number of hydrogen-bond acceptors (Lipinski definition) is 5. The molecule has 4 nitrogen and oxygen atoms in total. The van der Waals surface area contributed by atoms with Crippen molar-refractivity contribution in [2.24, 2.45) is 0 Å². The number of rotatable bonds is 4. The number of aryl methyl sites for hydroxylation is 2. The van der Waals surface area contributed by atoms with Crippen LogP contribution in [0.3, 0.4) is 0 Å². The monoisotopic (exact) mass is 291 g/mol. The fraction of sp³-hybridized carbons (Fsp3) is 0.467. The summed E-state index contributed by atoms with van der Waals surface area (Å²) >= 11 is 1.47. The molecule has 0 aliphatic carbocycles. The van der Waals surface area contributed by atoms with Crippen molar-refractivity contribution in [3.8, 4) is 10.9 Å². The van der Waals surface area contributed by atoms with Crippen LogP contribution in [0.15, 0.2) is 18.2 Å². The third-order valence-corrected chi connectivity index (χ3v) is 3.55. The first-order valence-electron chi connectivity index (χ1n) is 6.66. The molecule has 0 saturated carbocycles. The van der Waals surface area contributed by atoms with Gasteiger partial charge in [0.2, 0.25) is 0 Å². The molecule has 0 amide bonds. The number of nitrogens with zero attached hydrogens (tertiary/aromatic N) is 2. The Morgan fingerprint density at radius 2 is 1.95 bits per heavy atom. The fourth-order valence-corrected chi connectivity index (χ4v) is 2.34. The average molecular weight is 291 g/mol. The molecule has 0 unspecified atom stereocenters. The number of benzene rings is 1. The van der Waals surface area contributed by atoms with Gasteiger partial charge in [0.05, 0.1) is 6.54 Å². The van der Waals surface area contributed by atoms with E-state index < -0.39 is 0 Å². The van der Waals surface area contributed by atoms with Crippen LogP contribution in [0.25, 0.3) is 0 Å². The summed E-state index contributed by atoms with van der Waals surface area (Å²) in [6, 6.07) is 6.10. The number of ether oxygens (including phenoxy) is 1. The Bertz CT molecular complexity index is 587. The smallest absolute Gasteiger partial charge is 0.299 e. The third-order valence-electron chi connectivity index (χ3n) is 2.75. The molecular formula is C15H21N3OS. The van der Waals surface area contributed by atoms with Gasteiger partial charge in [-0.25, -0.2) is 0 Å². The zero-order valence-corrected chi connectivity index (χ0v) is 13.5. The highest BCUT2D eigenvalue weighted by atomic mass is 32.1. The zero-order chi connectivity index (χ0) is 14.8. The lowest BCUT2D eigenvalue weighted by molar-refractivity contribution is 0.423. The van der Waals surface area contributed by atoms with Crippen molar-refractivity contribution in [1.82, 2.24) is 15.5 Å². The number of hydrogen-bond donors (Lipinski definition) is 1. The van der Waals surface area contributed by atoms with E-state index in [-0.39, 0.29) is 5.54 Å². The maximum absolute atomic E-state index is 5.79. The third kappa shape index (κ3) is 4.28. The molecule has 1 aromatic carbocycles. The van der Waals surface area contributed by atoms with Gasteiger partial charge in [-0.2, -0.15) is 0 Å². The average Bonchev–Trinajstić information content (AvgIpc) is 2.77. The number of aromatic nitrogens is 2. The summed E-state index contributed by atoms with van der Waals surface area (Å²) in [6.45, 7) is 11.2. The molecule has 0 aliphatic rings. The summed E-state index contributed by atoms with van der Waals surface area (Å²) in [5.74, 6) is 0.835. The molecule has 0 saturated heterocycles. The first-order chi connectivity index (χ1) is 9.33. The summed E-state index contributed by atoms with van der Waals surface area (Å²) in [7, 11) is 0. The molecule has 0 aliphatic heterocycles. The Kier molecular flexibility index (Phi) is 4.40. The maximum atomic E-state index is 5.79. The minimum absolute atomic E-state index is 0.0697. The van der Waals surface area contributed by atoms with Gasteiger partial charge in [-0.1, -0.05) is 34.1 Å². The molecule has 1 N–H and O–H groups in total. The van der Waals surface area contributed by atoms with E-state index in [1.54, 1.807) is 0 Å². The Balaban J connectivity index is 2.02. The Morgan fingerprint density at radius 3 is 2.60 bits per heavy atom. The molecule has 5 heteroatoms. The summed E-state index contributed by atoms with van der Waals surface area (Å²) in [5, 5.41) is 13.1. The van der Waals surface area contributed by atoms with Crippen LogP contribution < -0.4 is 10.1 Å². The lowest BCUT2D eigenvalue weighted by Gasteiger charge is -2.19. The maximum Gasteiger partial charge on any atom is 0.299 e. The van der Waals surface area contributed by atoms with Crippen LogP contribution in [0.1, 0.15) is 36.9 Å². The lowest BCUT2D eigenvalue weighted by Crippen LogP contribution is -2.35. The predicted molar refractivity (Wildman–Crippen MR) is 82.5 cm³/mol. The molecule has 2 rings (SSSR count). The van der Waals surface area contributed by atoms with Gasteiger partial charge in [-0.15, -0.1) is 5.10 Å². The van der Waals surface area contributed by atoms with Gasteiger partial charge in [0.15, 0.2) is 0 Å². The second-order valence-electron chi connectivity index (χ2n) is 5.94. The van der Waals surface area contributed by atoms with Gasteiger partial charge in [-0.05, 0) is 46.2 Å². The largest absolute Gasteiger partial charge is 0.430 e. The molecule has 1 aromatic heterocycles. The molecule has 2 aromatic rings. The molecule has 0 radical (unpaired) electrons. The van der Waals surface area contributed by atoms with Crippen molar-refractivity contribution >= 4 is 11.3 Å². The lowest BCUT2D eigenvalue weighted by atomic mass is 10.1. The van der Waals surface area contributed by atoms with E-state index >= 15 is 0 Å². The standard InChI is InChI=1S/C15H21N3OS/c1-10-6-7-12(11(2)8-10)19-14-18-17-13(20-14)9-16-15(3,4)5/h6-8,16H,9H2,1-5H3. The zero-order valence-electron chi connectivity index (χ0n) is 12.7. The quantitative estimate of drug-likeness (QED) is 0.930. The highest BCUT2D eigenvalue weighted by Crippen LogP contribution is 2.28. The van der Waals surface area contributed by atoms with Gasteiger partial charge < -0.3 is 10.1 Å². The van der Waals surface area contributed by atoms with Gasteiger partial charge in [0.25, 0.3) is 5.19 Å². The summed E-state index contributed by atoms with van der Waals surface area (Å²) < 4.78 is 5.79. The molecule has 108 valence electrons. The summed E-state index contributed by atoms with van der Waals surface area (Å²) in [5.41, 5.74) is 2.40. The van der Waals surface area contributed by atoms with Gasteiger partial charge in [-0.3, -0.25) is 0 Å². The van der Waals surface area contributed by atoms with E-state index in [0.29, 0.717) is 11.7 Å². The van der Waals surface area contributed by atoms with E-state index in [9.17, 15) is 0 Å². The second kappa shape index (κ2) is 5.89. The SMILES string of the molecule is Cc1ccc(Oc2nnc(CNC(C)(C)C)s2)c(C)c1. The van der Waals surface area contributed by atoms with Crippen molar-refractivity contribution in [3.05, 3.63) is 34.3 Å². The van der Waals surface area contributed by atoms with Crippen LogP contribution in [0.5, 0.6) is 10.9 Å². The summed E-state index contributed by atoms with van der Waals surface area (Å²) in [4.78, 5) is 0. The molecule has 0 atom stereocenters. The van der Waals surface area contributed by atoms with E-state index in [4.69, 9.17) is 4.74 Å². The van der Waals surface area contributed by atoms with Crippen LogP contribution in [0.4, 0.5) is 0 Å². The van der Waals surface area contributed by atoms with Crippen LogP contribution in [0, 0.1) is 13.8 Å². The molecular weight excluding hydrogens is 270 g/mol. The first-order valence-corrected chi connectivity index (χ1v) is 7.48. The van der Waals surface area contributed by atoms with Gasteiger partial charge in [0.1, 0.15) is 10.8 Å². The normalized spacial score (nSPS) is 11.7. The molecule has 0 fully saturated rings. The van der Waals surface area contributed by atoms with Gasteiger partial charge in [0, 0.05) is 5.54 Å². The van der Waals surface area contributed by atoms with Crippen molar-refractivity contribution in [2.45, 2.75) is 46.7 Å². The topological polar surface area (TPSA) is 47.0 Å². The van der Waals surface area contributed by atoms with E-state index in [2.05, 4.69) is 49.3 Å². The van der Waals surface area contributed by atoms with E-state index in [1.165, 1.54) is 16.9 Å². The fourth-order valence-electron chi connectivity index (χ4n) is 1.70. The Hall–Kier alpha value is -1.46. The van der Waals surface area contributed by atoms with E-state index in [0.717, 1.165) is 16.3 Å². The number of nitrogens with one attached hydrogen (secondary N) is 1. The van der Waals surface area contributed by atoms with Crippen molar-refractivity contribution < 1.29 is 4.74 Å². The minimum Gasteiger partial charge on any atom is -0.430 e. The second-order valence-corrected chi connectivity index (χ2v) is 6.96. The first kappa shape index (κ1) is 14.9. The predicted octanol–water partition coefficient (Wildman–Crippen LogP) is 3.84. The van der Waals surface area contributed by atoms with Crippen molar-refractivity contribution in [3.63, 3.8) is 0 Å². The van der Waals surface area contributed by atoms with Crippen LogP contribution in [-0.4, -0.2) is 15.7 Å². The molecule has 0 spiro atoms. The van der Waals surface area contributed by atoms with Crippen LogP contribution >= 0.6 is 11.3 Å². The minimum atomic E-state index is 0.0697. The van der Waals surface area contributed by atoms with Crippen molar-refractivity contribution in [1.29, 1.82) is 0 Å². The van der Waals surface area contributed by atoms with E-state index in [1.807, 2.05) is 19.1 Å². The van der Waals surface area contributed by atoms with Crippen molar-refractivity contribution in [2.75, 3.05) is 0 Å². The molecule has 20 heavy (non-hydrogen) atoms. The molecule has 0 bridgehead atoms. The van der Waals surface area contributed by atoms with Crippen LogP contribution in [0.2, 0.25) is 0 Å². The Labute approximate surface area is 124 Å². The summed E-state index contributed by atoms with van der Waals surface area (Å²) in [6.07, 6.45) is 0. The van der Waals surface area contributed by atoms with Gasteiger partial charge >= 0.3 is 0 Å². The highest BCUT2D eigenvalue weighted by molar-refractivity contribution is 7.13. The Morgan fingerprint density at radius 1 is 1.20 bits per heavy atom. The van der Waals surface area contributed by atoms with Crippen LogP contribution in [-0.2, 0) is 6.54 Å².